The van der Waals surface area contributed by atoms with Crippen molar-refractivity contribution in [1.82, 2.24) is 4.90 Å². The first kappa shape index (κ1) is 11.0. The summed E-state index contributed by atoms with van der Waals surface area (Å²) < 4.78 is 0. The van der Waals surface area contributed by atoms with Crippen molar-refractivity contribution in [3.05, 3.63) is 29.8 Å². The molecule has 1 aliphatic heterocycles. The maximum atomic E-state index is 11.8. The fourth-order valence-electron chi connectivity index (χ4n) is 1.91. The minimum absolute atomic E-state index is 0.129. The standard InChI is InChI=1S/C12H15NO3/c14-10-5-3-9(4-6-10)11(15)12(16)13-7-1-2-8-13/h3-6,11,14-15H,1-2,7-8H2. The summed E-state index contributed by atoms with van der Waals surface area (Å²) in [4.78, 5) is 13.5. The summed E-state index contributed by atoms with van der Waals surface area (Å²) in [7, 11) is 0. The molecule has 0 aliphatic carbocycles. The van der Waals surface area contributed by atoms with Crippen molar-refractivity contribution in [1.29, 1.82) is 0 Å². The zero-order valence-corrected chi connectivity index (χ0v) is 8.97. The van der Waals surface area contributed by atoms with Gasteiger partial charge in [-0.3, -0.25) is 4.79 Å². The lowest BCUT2D eigenvalue weighted by Gasteiger charge is -2.19. The molecular weight excluding hydrogens is 206 g/mol. The van der Waals surface area contributed by atoms with Crippen LogP contribution in [0.5, 0.6) is 5.75 Å². The van der Waals surface area contributed by atoms with E-state index in [1.165, 1.54) is 12.1 Å². The SMILES string of the molecule is O=C(C(O)c1ccc(O)cc1)N1CCCC1. The molecule has 0 saturated carbocycles. The molecule has 1 aliphatic rings. The van der Waals surface area contributed by atoms with E-state index in [-0.39, 0.29) is 11.7 Å². The molecule has 0 aromatic heterocycles. The molecule has 86 valence electrons. The molecule has 4 heteroatoms. The third-order valence-corrected chi connectivity index (χ3v) is 2.86. The van der Waals surface area contributed by atoms with Crippen LogP contribution in [-0.4, -0.2) is 34.1 Å². The van der Waals surface area contributed by atoms with Gasteiger partial charge in [-0.25, -0.2) is 0 Å². The number of carbonyl (C=O) groups is 1. The van der Waals surface area contributed by atoms with Gasteiger partial charge in [-0.1, -0.05) is 12.1 Å². The molecule has 0 spiro atoms. The Labute approximate surface area is 94.1 Å². The summed E-state index contributed by atoms with van der Waals surface area (Å²) in [5.41, 5.74) is 0.523. The second kappa shape index (κ2) is 4.53. The van der Waals surface area contributed by atoms with Gasteiger partial charge in [-0.05, 0) is 30.5 Å². The molecule has 0 radical (unpaired) electrons. The predicted octanol–water partition coefficient (Wildman–Crippen LogP) is 1.05. The number of rotatable bonds is 2. The second-order valence-corrected chi connectivity index (χ2v) is 4.03. The van der Waals surface area contributed by atoms with Crippen LogP contribution in [0.4, 0.5) is 0 Å². The summed E-state index contributed by atoms with van der Waals surface area (Å²) in [5, 5.41) is 19.0. The lowest BCUT2D eigenvalue weighted by Crippen LogP contribution is -2.32. The van der Waals surface area contributed by atoms with Gasteiger partial charge >= 0.3 is 0 Å². The van der Waals surface area contributed by atoms with Crippen LogP contribution >= 0.6 is 0 Å². The van der Waals surface area contributed by atoms with Gasteiger partial charge < -0.3 is 15.1 Å². The molecule has 1 aromatic carbocycles. The number of aromatic hydroxyl groups is 1. The molecule has 0 bridgehead atoms. The quantitative estimate of drug-likeness (QED) is 0.784. The first-order chi connectivity index (χ1) is 7.68. The minimum atomic E-state index is -1.11. The van der Waals surface area contributed by atoms with Crippen LogP contribution in [-0.2, 0) is 4.79 Å². The van der Waals surface area contributed by atoms with Crippen molar-refractivity contribution in [2.45, 2.75) is 18.9 Å². The van der Waals surface area contributed by atoms with Gasteiger partial charge in [-0.2, -0.15) is 0 Å². The maximum absolute atomic E-state index is 11.8. The van der Waals surface area contributed by atoms with E-state index in [9.17, 15) is 9.90 Å². The number of benzene rings is 1. The molecule has 2 rings (SSSR count). The van der Waals surface area contributed by atoms with Crippen molar-refractivity contribution in [2.75, 3.05) is 13.1 Å². The Balaban J connectivity index is 2.08. The van der Waals surface area contributed by atoms with Crippen molar-refractivity contribution < 1.29 is 15.0 Å². The number of phenols is 1. The van der Waals surface area contributed by atoms with Crippen LogP contribution in [0.15, 0.2) is 24.3 Å². The smallest absolute Gasteiger partial charge is 0.256 e. The van der Waals surface area contributed by atoms with Crippen LogP contribution in [0.2, 0.25) is 0 Å². The molecule has 1 amide bonds. The molecule has 1 aromatic rings. The molecule has 2 N–H and O–H groups in total. The lowest BCUT2D eigenvalue weighted by molar-refractivity contribution is -0.139. The van der Waals surface area contributed by atoms with Crippen LogP contribution in [0.1, 0.15) is 24.5 Å². The van der Waals surface area contributed by atoms with E-state index >= 15 is 0 Å². The third-order valence-electron chi connectivity index (χ3n) is 2.86. The Morgan fingerprint density at radius 3 is 2.31 bits per heavy atom. The van der Waals surface area contributed by atoms with Gasteiger partial charge in [0.2, 0.25) is 0 Å². The van der Waals surface area contributed by atoms with Crippen molar-refractivity contribution in [3.63, 3.8) is 0 Å². The van der Waals surface area contributed by atoms with E-state index < -0.39 is 6.10 Å². The van der Waals surface area contributed by atoms with Crippen LogP contribution in [0.3, 0.4) is 0 Å². The van der Waals surface area contributed by atoms with E-state index in [2.05, 4.69) is 0 Å². The van der Waals surface area contributed by atoms with Gasteiger partial charge in [0.1, 0.15) is 5.75 Å². The molecule has 1 saturated heterocycles. The fraction of sp³-hybridized carbons (Fsp3) is 0.417. The molecule has 4 nitrogen and oxygen atoms in total. The number of hydrogen-bond acceptors (Lipinski definition) is 3. The Kier molecular flexibility index (Phi) is 3.10. The van der Waals surface area contributed by atoms with E-state index in [1.807, 2.05) is 0 Å². The number of aliphatic hydroxyl groups excluding tert-OH is 1. The molecule has 1 unspecified atom stereocenters. The van der Waals surface area contributed by atoms with Gasteiger partial charge in [-0.15, -0.1) is 0 Å². The Morgan fingerprint density at radius 1 is 1.19 bits per heavy atom. The normalized spacial score (nSPS) is 17.4. The molecular formula is C12H15NO3. The zero-order valence-electron chi connectivity index (χ0n) is 8.97. The van der Waals surface area contributed by atoms with Crippen LogP contribution in [0, 0.1) is 0 Å². The van der Waals surface area contributed by atoms with Gasteiger partial charge in [0.05, 0.1) is 0 Å². The average Bonchev–Trinajstić information content (AvgIpc) is 2.81. The van der Waals surface area contributed by atoms with E-state index in [1.54, 1.807) is 17.0 Å². The van der Waals surface area contributed by atoms with Gasteiger partial charge in [0.15, 0.2) is 6.10 Å². The van der Waals surface area contributed by atoms with Crippen molar-refractivity contribution >= 4 is 5.91 Å². The summed E-state index contributed by atoms with van der Waals surface area (Å²) >= 11 is 0. The highest BCUT2D eigenvalue weighted by Crippen LogP contribution is 2.20. The summed E-state index contributed by atoms with van der Waals surface area (Å²) in [6, 6.07) is 6.06. The number of amides is 1. The fourth-order valence-corrected chi connectivity index (χ4v) is 1.91. The van der Waals surface area contributed by atoms with Gasteiger partial charge in [0, 0.05) is 13.1 Å². The second-order valence-electron chi connectivity index (χ2n) is 4.03. The number of phenolic OH excluding ortho intramolecular Hbond substituents is 1. The summed E-state index contributed by atoms with van der Waals surface area (Å²) in [6.45, 7) is 1.46. The Bertz CT molecular complexity index is 368. The molecule has 16 heavy (non-hydrogen) atoms. The van der Waals surface area contributed by atoms with Crippen LogP contribution < -0.4 is 0 Å². The number of likely N-dealkylation sites (tertiary alicyclic amines) is 1. The highest BCUT2D eigenvalue weighted by molar-refractivity contribution is 5.82. The highest BCUT2D eigenvalue weighted by atomic mass is 16.3. The maximum Gasteiger partial charge on any atom is 0.256 e. The van der Waals surface area contributed by atoms with Crippen molar-refractivity contribution in [3.8, 4) is 5.75 Å². The van der Waals surface area contributed by atoms with E-state index in [0.29, 0.717) is 5.56 Å². The summed E-state index contributed by atoms with van der Waals surface area (Å²) in [5.74, 6) is -0.118. The first-order valence-corrected chi connectivity index (χ1v) is 5.44. The number of carbonyl (C=O) groups excluding carboxylic acids is 1. The monoisotopic (exact) mass is 221 g/mol. The number of hydrogen-bond donors (Lipinski definition) is 2. The van der Waals surface area contributed by atoms with Crippen LogP contribution in [0.25, 0.3) is 0 Å². The highest BCUT2D eigenvalue weighted by Gasteiger charge is 2.25. The summed E-state index contributed by atoms with van der Waals surface area (Å²) in [6.07, 6.45) is 0.904. The lowest BCUT2D eigenvalue weighted by atomic mass is 10.1. The topological polar surface area (TPSA) is 60.8 Å². The molecule has 1 heterocycles. The number of nitrogens with zero attached hydrogens (tertiary/aromatic N) is 1. The minimum Gasteiger partial charge on any atom is -0.508 e. The molecule has 1 fully saturated rings. The predicted molar refractivity (Wildman–Crippen MR) is 58.9 cm³/mol. The zero-order chi connectivity index (χ0) is 11.5. The third kappa shape index (κ3) is 2.17. The largest absolute Gasteiger partial charge is 0.508 e. The first-order valence-electron chi connectivity index (χ1n) is 5.44. The molecule has 1 atom stereocenters. The average molecular weight is 221 g/mol. The van der Waals surface area contributed by atoms with Crippen molar-refractivity contribution in [2.24, 2.45) is 0 Å². The van der Waals surface area contributed by atoms with E-state index in [4.69, 9.17) is 5.11 Å². The van der Waals surface area contributed by atoms with E-state index in [0.717, 1.165) is 25.9 Å². The van der Waals surface area contributed by atoms with Gasteiger partial charge in [0.25, 0.3) is 5.91 Å². The Hall–Kier alpha value is -1.55. The Morgan fingerprint density at radius 2 is 1.75 bits per heavy atom. The number of aliphatic hydroxyl groups is 1.